The largest absolute Gasteiger partial charge is 0.491 e. The fourth-order valence-electron chi connectivity index (χ4n) is 1.75. The molecule has 4 N–H and O–H groups in total. The number of amides is 1. The van der Waals surface area contributed by atoms with E-state index in [-0.39, 0.29) is 37.3 Å². The number of halogens is 2. The molecule has 1 rings (SSSR count). The van der Waals surface area contributed by atoms with Gasteiger partial charge in [0.25, 0.3) is 0 Å². The Balaban J connectivity index is 0.00000441. The highest BCUT2D eigenvalue weighted by atomic mass is 35.5. The normalized spacial score (nSPS) is 13.2. The summed E-state index contributed by atoms with van der Waals surface area (Å²) < 4.78 is 18.0. The molecule has 0 bridgehead atoms. The van der Waals surface area contributed by atoms with Gasteiger partial charge >= 0.3 is 0 Å². The molecule has 0 aliphatic carbocycles. The van der Waals surface area contributed by atoms with Crippen molar-refractivity contribution < 1.29 is 19.0 Å². The van der Waals surface area contributed by atoms with E-state index in [0.29, 0.717) is 18.1 Å². The third kappa shape index (κ3) is 8.17. The maximum Gasteiger partial charge on any atom is 0.237 e. The van der Waals surface area contributed by atoms with Crippen molar-refractivity contribution in [1.29, 1.82) is 0 Å². The molecule has 0 saturated heterocycles. The average molecular weight is 335 g/mol. The van der Waals surface area contributed by atoms with Crippen molar-refractivity contribution in [2.24, 2.45) is 11.7 Å². The third-order valence-electron chi connectivity index (χ3n) is 2.83. The van der Waals surface area contributed by atoms with Crippen molar-refractivity contribution >= 4 is 18.3 Å². The van der Waals surface area contributed by atoms with Gasteiger partial charge in [-0.3, -0.25) is 4.79 Å². The standard InChI is InChI=1S/C15H23FN2O3.ClH/c1-10(2)7-14(17)15(20)18-8-12(19)9-21-13-5-3-11(16)4-6-13;/h3-6,10,12,14,19H,7-9,17H2,1-2H3,(H,18,20);1H/t12?,14-;/m0./s1. The zero-order valence-corrected chi connectivity index (χ0v) is 13.6. The van der Waals surface area contributed by atoms with Crippen molar-refractivity contribution in [2.75, 3.05) is 13.2 Å². The molecule has 0 spiro atoms. The Labute approximate surface area is 136 Å². The van der Waals surface area contributed by atoms with Crippen LogP contribution in [0.15, 0.2) is 24.3 Å². The summed E-state index contributed by atoms with van der Waals surface area (Å²) in [6, 6.07) is 4.91. The Hall–Kier alpha value is -1.37. The summed E-state index contributed by atoms with van der Waals surface area (Å²) in [5.74, 6) is 0.148. The molecular weight excluding hydrogens is 311 g/mol. The number of nitrogens with two attached hydrogens (primary N) is 1. The second-order valence-electron chi connectivity index (χ2n) is 5.40. The fraction of sp³-hybridized carbons (Fsp3) is 0.533. The molecule has 22 heavy (non-hydrogen) atoms. The number of carbonyl (C=O) groups is 1. The highest BCUT2D eigenvalue weighted by molar-refractivity contribution is 5.85. The number of nitrogens with one attached hydrogen (secondary N) is 1. The molecule has 1 unspecified atom stereocenters. The van der Waals surface area contributed by atoms with Gasteiger partial charge in [0, 0.05) is 6.54 Å². The summed E-state index contributed by atoms with van der Waals surface area (Å²) >= 11 is 0. The number of benzene rings is 1. The van der Waals surface area contributed by atoms with Crippen LogP contribution in [0.4, 0.5) is 4.39 Å². The molecule has 0 saturated carbocycles. The summed E-state index contributed by atoms with van der Waals surface area (Å²) in [5, 5.41) is 12.3. The predicted molar refractivity (Wildman–Crippen MR) is 85.6 cm³/mol. The monoisotopic (exact) mass is 334 g/mol. The van der Waals surface area contributed by atoms with Crippen molar-refractivity contribution in [1.82, 2.24) is 5.32 Å². The summed E-state index contributed by atoms with van der Waals surface area (Å²) in [6.45, 7) is 4.04. The Kier molecular flexibility index (Phi) is 9.73. The van der Waals surface area contributed by atoms with E-state index >= 15 is 0 Å². The molecule has 126 valence electrons. The van der Waals surface area contributed by atoms with E-state index in [4.69, 9.17) is 10.5 Å². The Morgan fingerprint density at radius 2 is 1.95 bits per heavy atom. The zero-order valence-electron chi connectivity index (χ0n) is 12.8. The number of hydrogen-bond acceptors (Lipinski definition) is 4. The zero-order chi connectivity index (χ0) is 15.8. The Bertz CT molecular complexity index is 443. The first-order valence-electron chi connectivity index (χ1n) is 6.98. The first-order valence-corrected chi connectivity index (χ1v) is 6.98. The summed E-state index contributed by atoms with van der Waals surface area (Å²) in [6.07, 6.45) is -0.265. The van der Waals surface area contributed by atoms with Gasteiger partial charge < -0.3 is 20.9 Å². The van der Waals surface area contributed by atoms with Crippen LogP contribution >= 0.6 is 12.4 Å². The molecule has 7 heteroatoms. The maximum atomic E-state index is 12.7. The summed E-state index contributed by atoms with van der Waals surface area (Å²) in [4.78, 5) is 11.7. The van der Waals surface area contributed by atoms with E-state index in [2.05, 4.69) is 5.32 Å². The minimum absolute atomic E-state index is 0. The van der Waals surface area contributed by atoms with Crippen LogP contribution in [0.25, 0.3) is 0 Å². The quantitative estimate of drug-likeness (QED) is 0.672. The van der Waals surface area contributed by atoms with Crippen molar-refractivity contribution in [3.8, 4) is 5.75 Å². The van der Waals surface area contributed by atoms with Crippen LogP contribution in [0.5, 0.6) is 5.75 Å². The smallest absolute Gasteiger partial charge is 0.237 e. The lowest BCUT2D eigenvalue weighted by molar-refractivity contribution is -0.123. The lowest BCUT2D eigenvalue weighted by atomic mass is 10.0. The topological polar surface area (TPSA) is 84.6 Å². The number of aliphatic hydroxyl groups is 1. The first kappa shape index (κ1) is 20.6. The van der Waals surface area contributed by atoms with E-state index in [1.54, 1.807) is 0 Å². The third-order valence-corrected chi connectivity index (χ3v) is 2.83. The molecule has 0 aromatic heterocycles. The lowest BCUT2D eigenvalue weighted by Gasteiger charge is -2.17. The van der Waals surface area contributed by atoms with Crippen LogP contribution in [-0.4, -0.2) is 36.3 Å². The molecule has 1 amide bonds. The number of aliphatic hydroxyl groups excluding tert-OH is 1. The van der Waals surface area contributed by atoms with Gasteiger partial charge in [-0.25, -0.2) is 4.39 Å². The van der Waals surface area contributed by atoms with E-state index in [9.17, 15) is 14.3 Å². The van der Waals surface area contributed by atoms with Crippen LogP contribution in [0.1, 0.15) is 20.3 Å². The van der Waals surface area contributed by atoms with E-state index in [1.165, 1.54) is 24.3 Å². The van der Waals surface area contributed by atoms with Gasteiger partial charge in [0.05, 0.1) is 6.04 Å². The molecule has 0 aliphatic rings. The van der Waals surface area contributed by atoms with Gasteiger partial charge in [0.2, 0.25) is 5.91 Å². The van der Waals surface area contributed by atoms with Crippen LogP contribution in [0, 0.1) is 11.7 Å². The van der Waals surface area contributed by atoms with Crippen LogP contribution < -0.4 is 15.8 Å². The molecule has 1 aromatic carbocycles. The maximum absolute atomic E-state index is 12.7. The predicted octanol–water partition coefficient (Wildman–Crippen LogP) is 1.48. The van der Waals surface area contributed by atoms with Gasteiger partial charge in [-0.2, -0.15) is 0 Å². The second-order valence-corrected chi connectivity index (χ2v) is 5.40. The van der Waals surface area contributed by atoms with Crippen LogP contribution in [0.2, 0.25) is 0 Å². The highest BCUT2D eigenvalue weighted by Gasteiger charge is 2.16. The minimum Gasteiger partial charge on any atom is -0.491 e. The summed E-state index contributed by atoms with van der Waals surface area (Å²) in [5.41, 5.74) is 5.72. The molecule has 0 fully saturated rings. The van der Waals surface area contributed by atoms with Crippen molar-refractivity contribution in [3.05, 3.63) is 30.1 Å². The highest BCUT2D eigenvalue weighted by Crippen LogP contribution is 2.11. The molecule has 2 atom stereocenters. The van der Waals surface area contributed by atoms with Gasteiger partial charge in [0.1, 0.15) is 24.3 Å². The van der Waals surface area contributed by atoms with E-state index < -0.39 is 12.1 Å². The first-order chi connectivity index (χ1) is 9.88. The fourth-order valence-corrected chi connectivity index (χ4v) is 1.75. The van der Waals surface area contributed by atoms with E-state index in [0.717, 1.165) is 0 Å². The van der Waals surface area contributed by atoms with Gasteiger partial charge in [-0.05, 0) is 36.6 Å². The number of hydrogen-bond donors (Lipinski definition) is 3. The molecule has 1 aromatic rings. The molecular formula is C15H24ClFN2O3. The SMILES string of the molecule is CC(C)C[C@H](N)C(=O)NCC(O)COc1ccc(F)cc1.Cl. The van der Waals surface area contributed by atoms with Gasteiger partial charge in [-0.1, -0.05) is 13.8 Å². The van der Waals surface area contributed by atoms with Crippen LogP contribution in [0.3, 0.4) is 0 Å². The van der Waals surface area contributed by atoms with Gasteiger partial charge in [-0.15, -0.1) is 12.4 Å². The van der Waals surface area contributed by atoms with Gasteiger partial charge in [0.15, 0.2) is 0 Å². The van der Waals surface area contributed by atoms with Crippen molar-refractivity contribution in [2.45, 2.75) is 32.4 Å². The Morgan fingerprint density at radius 3 is 2.50 bits per heavy atom. The molecule has 0 radical (unpaired) electrons. The molecule has 0 aliphatic heterocycles. The molecule has 5 nitrogen and oxygen atoms in total. The number of carbonyl (C=O) groups excluding carboxylic acids is 1. The lowest BCUT2D eigenvalue weighted by Crippen LogP contribution is -2.45. The minimum atomic E-state index is -0.856. The number of rotatable bonds is 8. The van der Waals surface area contributed by atoms with E-state index in [1.807, 2.05) is 13.8 Å². The Morgan fingerprint density at radius 1 is 1.36 bits per heavy atom. The second kappa shape index (κ2) is 10.4. The van der Waals surface area contributed by atoms with Crippen molar-refractivity contribution in [3.63, 3.8) is 0 Å². The average Bonchev–Trinajstić information content (AvgIpc) is 2.43. The summed E-state index contributed by atoms with van der Waals surface area (Å²) in [7, 11) is 0. The number of ether oxygens (including phenoxy) is 1. The van der Waals surface area contributed by atoms with Crippen LogP contribution in [-0.2, 0) is 4.79 Å². The molecule has 0 heterocycles.